The molecule has 1 atom stereocenters. The number of carbonyl (C=O) groups excluding carboxylic acids is 1. The Bertz CT molecular complexity index is 844. The summed E-state index contributed by atoms with van der Waals surface area (Å²) in [6.07, 6.45) is 0.827. The maximum Gasteiger partial charge on any atom is 0.227 e. The van der Waals surface area contributed by atoms with Crippen LogP contribution in [0.15, 0.2) is 42.5 Å². The van der Waals surface area contributed by atoms with Crippen molar-refractivity contribution in [3.05, 3.63) is 63.6 Å². The smallest absolute Gasteiger partial charge is 0.227 e. The standard InChI is InChI=1S/C24H31Cl2NO4/c1-17(2)31-21-6-4-5-18(13-21)14-24(29)27(10-12-30-3)16-20(9-11-28)19-7-8-22(25)23(26)15-19/h4-8,13,15,17,20,28H,9-12,14,16H2,1-3H3. The van der Waals surface area contributed by atoms with Crippen molar-refractivity contribution >= 4 is 29.1 Å². The fourth-order valence-electron chi connectivity index (χ4n) is 3.36. The highest BCUT2D eigenvalue weighted by molar-refractivity contribution is 6.42. The molecular formula is C24H31Cl2NO4. The van der Waals surface area contributed by atoms with Crippen molar-refractivity contribution in [2.75, 3.05) is 33.4 Å². The first-order valence-corrected chi connectivity index (χ1v) is 11.2. The third-order valence-corrected chi connectivity index (χ3v) is 5.62. The Labute approximate surface area is 194 Å². The van der Waals surface area contributed by atoms with Crippen molar-refractivity contribution in [3.8, 4) is 5.75 Å². The van der Waals surface area contributed by atoms with Crippen molar-refractivity contribution in [3.63, 3.8) is 0 Å². The van der Waals surface area contributed by atoms with E-state index in [4.69, 9.17) is 32.7 Å². The lowest BCUT2D eigenvalue weighted by atomic mass is 9.95. The topological polar surface area (TPSA) is 59.0 Å². The van der Waals surface area contributed by atoms with Crippen LogP contribution in [0.4, 0.5) is 0 Å². The second-order valence-electron chi connectivity index (χ2n) is 7.71. The van der Waals surface area contributed by atoms with Crippen molar-refractivity contribution in [1.29, 1.82) is 0 Å². The highest BCUT2D eigenvalue weighted by atomic mass is 35.5. The highest BCUT2D eigenvalue weighted by Gasteiger charge is 2.21. The number of carbonyl (C=O) groups is 1. The molecular weight excluding hydrogens is 437 g/mol. The molecule has 1 unspecified atom stereocenters. The quantitative estimate of drug-likeness (QED) is 0.478. The molecule has 0 fully saturated rings. The van der Waals surface area contributed by atoms with Crippen LogP contribution in [0.5, 0.6) is 5.75 Å². The number of aliphatic hydroxyl groups is 1. The van der Waals surface area contributed by atoms with Gasteiger partial charge < -0.3 is 19.5 Å². The Morgan fingerprint density at radius 3 is 2.55 bits per heavy atom. The maximum absolute atomic E-state index is 13.2. The Kier molecular flexibility index (Phi) is 10.6. The molecule has 0 aromatic heterocycles. The number of aliphatic hydroxyl groups excluding tert-OH is 1. The van der Waals surface area contributed by atoms with Gasteiger partial charge in [-0.3, -0.25) is 4.79 Å². The summed E-state index contributed by atoms with van der Waals surface area (Å²) in [6.45, 7) is 5.27. The van der Waals surface area contributed by atoms with Gasteiger partial charge in [-0.05, 0) is 55.7 Å². The molecule has 5 nitrogen and oxygen atoms in total. The molecule has 1 N–H and O–H groups in total. The summed E-state index contributed by atoms with van der Waals surface area (Å²) in [7, 11) is 1.61. The molecule has 0 aliphatic carbocycles. The second kappa shape index (κ2) is 12.9. The van der Waals surface area contributed by atoms with Gasteiger partial charge in [0.1, 0.15) is 5.75 Å². The van der Waals surface area contributed by atoms with E-state index < -0.39 is 0 Å². The van der Waals surface area contributed by atoms with Crippen molar-refractivity contribution in [1.82, 2.24) is 4.90 Å². The molecule has 0 saturated carbocycles. The Balaban J connectivity index is 2.18. The predicted molar refractivity (Wildman–Crippen MR) is 125 cm³/mol. The average molecular weight is 468 g/mol. The number of ether oxygens (including phenoxy) is 2. The molecule has 0 spiro atoms. The van der Waals surface area contributed by atoms with Crippen LogP contribution in [0.25, 0.3) is 0 Å². The molecule has 0 aliphatic heterocycles. The largest absolute Gasteiger partial charge is 0.491 e. The number of rotatable bonds is 12. The zero-order valence-corrected chi connectivity index (χ0v) is 19.8. The second-order valence-corrected chi connectivity index (χ2v) is 8.52. The maximum atomic E-state index is 13.2. The lowest BCUT2D eigenvalue weighted by Crippen LogP contribution is -2.38. The molecule has 0 heterocycles. The van der Waals surface area contributed by atoms with E-state index in [1.807, 2.05) is 44.2 Å². The molecule has 2 rings (SSSR count). The summed E-state index contributed by atoms with van der Waals surface area (Å²) in [5.41, 5.74) is 1.82. The van der Waals surface area contributed by atoms with Crippen LogP contribution in [0.1, 0.15) is 37.3 Å². The van der Waals surface area contributed by atoms with Crippen molar-refractivity contribution in [2.24, 2.45) is 0 Å². The number of methoxy groups -OCH3 is 1. The summed E-state index contributed by atoms with van der Waals surface area (Å²) in [6, 6.07) is 13.0. The SMILES string of the molecule is COCCN(CC(CCO)c1ccc(Cl)c(Cl)c1)C(=O)Cc1cccc(OC(C)C)c1. The summed E-state index contributed by atoms with van der Waals surface area (Å²) in [5.74, 6) is 0.663. The third-order valence-electron chi connectivity index (χ3n) is 4.88. The molecule has 31 heavy (non-hydrogen) atoms. The van der Waals surface area contributed by atoms with Crippen LogP contribution < -0.4 is 4.74 Å². The van der Waals surface area contributed by atoms with E-state index in [1.165, 1.54) is 0 Å². The van der Waals surface area contributed by atoms with E-state index in [2.05, 4.69) is 0 Å². The van der Waals surface area contributed by atoms with Crippen LogP contribution in [-0.4, -0.2) is 55.4 Å². The zero-order chi connectivity index (χ0) is 22.8. The molecule has 2 aromatic carbocycles. The Hall–Kier alpha value is -1.79. The number of halogens is 2. The van der Waals surface area contributed by atoms with Gasteiger partial charge in [-0.1, -0.05) is 41.4 Å². The minimum atomic E-state index is -0.0730. The third kappa shape index (κ3) is 8.34. The molecule has 0 aliphatic rings. The average Bonchev–Trinajstić information content (AvgIpc) is 2.72. The number of hydrogen-bond acceptors (Lipinski definition) is 4. The van der Waals surface area contributed by atoms with E-state index in [1.54, 1.807) is 24.1 Å². The van der Waals surface area contributed by atoms with Gasteiger partial charge in [-0.25, -0.2) is 0 Å². The van der Waals surface area contributed by atoms with Crippen LogP contribution in [-0.2, 0) is 16.0 Å². The normalized spacial score (nSPS) is 12.1. The Morgan fingerprint density at radius 1 is 1.13 bits per heavy atom. The van der Waals surface area contributed by atoms with Crippen molar-refractivity contribution < 1.29 is 19.4 Å². The number of hydrogen-bond donors (Lipinski definition) is 1. The lowest BCUT2D eigenvalue weighted by Gasteiger charge is -2.28. The molecule has 1 amide bonds. The molecule has 7 heteroatoms. The summed E-state index contributed by atoms with van der Waals surface area (Å²) in [5, 5.41) is 10.5. The van der Waals surface area contributed by atoms with E-state index in [0.717, 1.165) is 16.9 Å². The molecule has 0 bridgehead atoms. The molecule has 2 aromatic rings. The van der Waals surface area contributed by atoms with E-state index in [9.17, 15) is 9.90 Å². The van der Waals surface area contributed by atoms with Gasteiger partial charge in [-0.15, -0.1) is 0 Å². The van der Waals surface area contributed by atoms with Gasteiger partial charge >= 0.3 is 0 Å². The van der Waals surface area contributed by atoms with Gasteiger partial charge in [0.2, 0.25) is 5.91 Å². The zero-order valence-electron chi connectivity index (χ0n) is 18.3. The van der Waals surface area contributed by atoms with Gasteiger partial charge in [0.05, 0.1) is 29.2 Å². The Morgan fingerprint density at radius 2 is 1.90 bits per heavy atom. The first-order chi connectivity index (χ1) is 14.8. The van der Waals surface area contributed by atoms with E-state index in [0.29, 0.717) is 36.2 Å². The van der Waals surface area contributed by atoms with Gasteiger partial charge in [0.25, 0.3) is 0 Å². The minimum absolute atomic E-state index is 0.00576. The first-order valence-electron chi connectivity index (χ1n) is 10.4. The van der Waals surface area contributed by atoms with Crippen molar-refractivity contribution in [2.45, 2.75) is 38.7 Å². The first kappa shape index (κ1) is 25.5. The number of amides is 1. The number of nitrogens with zero attached hydrogens (tertiary/aromatic N) is 1. The highest BCUT2D eigenvalue weighted by Crippen LogP contribution is 2.29. The minimum Gasteiger partial charge on any atom is -0.491 e. The molecule has 0 saturated heterocycles. The molecule has 170 valence electrons. The lowest BCUT2D eigenvalue weighted by molar-refractivity contribution is -0.131. The van der Waals surface area contributed by atoms with Gasteiger partial charge in [-0.2, -0.15) is 0 Å². The van der Waals surface area contributed by atoms with Gasteiger partial charge in [0, 0.05) is 32.7 Å². The van der Waals surface area contributed by atoms with E-state index >= 15 is 0 Å². The van der Waals surface area contributed by atoms with Crippen LogP contribution in [0, 0.1) is 0 Å². The summed E-state index contributed by atoms with van der Waals surface area (Å²) >= 11 is 12.2. The van der Waals surface area contributed by atoms with E-state index in [-0.39, 0.29) is 31.0 Å². The summed E-state index contributed by atoms with van der Waals surface area (Å²) < 4.78 is 11.0. The fraction of sp³-hybridized carbons (Fsp3) is 0.458. The monoisotopic (exact) mass is 467 g/mol. The van der Waals surface area contributed by atoms with Crippen LogP contribution in [0.2, 0.25) is 10.0 Å². The predicted octanol–water partition coefficient (Wildman–Crippen LogP) is 4.96. The summed E-state index contributed by atoms with van der Waals surface area (Å²) in [4.78, 5) is 14.9. The van der Waals surface area contributed by atoms with Crippen LogP contribution >= 0.6 is 23.2 Å². The van der Waals surface area contributed by atoms with Gasteiger partial charge in [0.15, 0.2) is 0 Å². The fourth-order valence-corrected chi connectivity index (χ4v) is 3.66. The number of benzene rings is 2. The van der Waals surface area contributed by atoms with Crippen LogP contribution in [0.3, 0.4) is 0 Å². The molecule has 0 radical (unpaired) electrons.